The summed E-state index contributed by atoms with van der Waals surface area (Å²) in [4.78, 5) is 29.0. The average molecular weight is 265 g/mol. The number of hydrogen-bond donors (Lipinski definition) is 1. The van der Waals surface area contributed by atoms with Crippen molar-refractivity contribution in [2.45, 2.75) is 45.2 Å². The van der Waals surface area contributed by atoms with Crippen LogP contribution in [0.25, 0.3) is 0 Å². The first kappa shape index (κ1) is 13.6. The molecule has 0 atom stereocenters. The van der Waals surface area contributed by atoms with Crippen molar-refractivity contribution in [2.24, 2.45) is 0 Å². The number of rotatable bonds is 6. The molecule has 1 N–H and O–H groups in total. The summed E-state index contributed by atoms with van der Waals surface area (Å²) in [6.07, 6.45) is 5.38. The summed E-state index contributed by atoms with van der Waals surface area (Å²) in [5.41, 5.74) is -0.121. The van der Waals surface area contributed by atoms with Gasteiger partial charge in [-0.05, 0) is 26.7 Å². The summed E-state index contributed by atoms with van der Waals surface area (Å²) in [6, 6.07) is 0.331. The van der Waals surface area contributed by atoms with Crippen molar-refractivity contribution in [3.8, 4) is 0 Å². The molecule has 1 fully saturated rings. The predicted octanol–water partition coefficient (Wildman–Crippen LogP) is 1.27. The Labute approximate surface area is 111 Å². The van der Waals surface area contributed by atoms with Gasteiger partial charge in [0.2, 0.25) is 0 Å². The van der Waals surface area contributed by atoms with Gasteiger partial charge in [0, 0.05) is 31.0 Å². The van der Waals surface area contributed by atoms with Crippen molar-refractivity contribution in [3.63, 3.8) is 0 Å². The molecule has 0 spiro atoms. The molecule has 2 rings (SSSR count). The van der Waals surface area contributed by atoms with Crippen LogP contribution in [0.1, 0.15) is 39.2 Å². The first-order chi connectivity index (χ1) is 9.00. The van der Waals surface area contributed by atoms with Crippen molar-refractivity contribution in [3.05, 3.63) is 22.7 Å². The number of carboxylic acids is 1. The highest BCUT2D eigenvalue weighted by atomic mass is 16.4. The van der Waals surface area contributed by atoms with Crippen molar-refractivity contribution >= 4 is 11.8 Å². The van der Waals surface area contributed by atoms with Crippen molar-refractivity contribution in [1.82, 2.24) is 9.55 Å². The maximum atomic E-state index is 12.4. The van der Waals surface area contributed by atoms with Gasteiger partial charge >= 0.3 is 5.97 Å². The molecule has 1 heterocycles. The maximum absolute atomic E-state index is 12.4. The standard InChI is InChI=1S/C13H19N3O3/c1-9(2)15(7-5-11(17)18)12-13(19)16(8-6-14-12)10-3-4-10/h6,8-10H,3-5,7H2,1-2H3,(H,17,18). The summed E-state index contributed by atoms with van der Waals surface area (Å²) < 4.78 is 1.71. The Kier molecular flexibility index (Phi) is 3.87. The second-order valence-corrected chi connectivity index (χ2v) is 5.13. The van der Waals surface area contributed by atoms with Crippen molar-refractivity contribution in [1.29, 1.82) is 0 Å². The van der Waals surface area contributed by atoms with Gasteiger partial charge in [-0.25, -0.2) is 4.98 Å². The average Bonchev–Trinajstić information content (AvgIpc) is 3.14. The number of nitrogens with zero attached hydrogens (tertiary/aromatic N) is 3. The molecule has 104 valence electrons. The first-order valence-electron chi connectivity index (χ1n) is 6.56. The molecule has 0 aromatic carbocycles. The van der Waals surface area contributed by atoms with Gasteiger partial charge in [0.25, 0.3) is 5.56 Å². The summed E-state index contributed by atoms with van der Waals surface area (Å²) in [6.45, 7) is 4.15. The smallest absolute Gasteiger partial charge is 0.305 e. The maximum Gasteiger partial charge on any atom is 0.305 e. The van der Waals surface area contributed by atoms with E-state index in [0.29, 0.717) is 18.4 Å². The normalized spacial score (nSPS) is 14.7. The predicted molar refractivity (Wildman–Crippen MR) is 71.5 cm³/mol. The van der Waals surface area contributed by atoms with Gasteiger partial charge in [0.05, 0.1) is 6.42 Å². The molecule has 0 aliphatic heterocycles. The zero-order chi connectivity index (χ0) is 14.0. The molecule has 0 saturated heterocycles. The molecule has 1 aliphatic carbocycles. The molecule has 6 nitrogen and oxygen atoms in total. The van der Waals surface area contributed by atoms with Gasteiger partial charge in [0.1, 0.15) is 0 Å². The molecular formula is C13H19N3O3. The van der Waals surface area contributed by atoms with E-state index in [1.807, 2.05) is 13.8 Å². The van der Waals surface area contributed by atoms with E-state index in [0.717, 1.165) is 12.8 Å². The van der Waals surface area contributed by atoms with Gasteiger partial charge in [-0.15, -0.1) is 0 Å². The summed E-state index contributed by atoms with van der Waals surface area (Å²) in [5.74, 6) is -0.519. The number of anilines is 1. The number of hydrogen-bond acceptors (Lipinski definition) is 4. The summed E-state index contributed by atoms with van der Waals surface area (Å²) in [7, 11) is 0. The number of carboxylic acid groups (broad SMARTS) is 1. The Morgan fingerprint density at radius 2 is 2.26 bits per heavy atom. The highest BCUT2D eigenvalue weighted by Gasteiger charge is 2.27. The van der Waals surface area contributed by atoms with E-state index in [-0.39, 0.29) is 18.0 Å². The Hall–Kier alpha value is -1.85. The number of aromatic nitrogens is 2. The van der Waals surface area contributed by atoms with Gasteiger partial charge < -0.3 is 14.6 Å². The van der Waals surface area contributed by atoms with Crippen LogP contribution >= 0.6 is 0 Å². The number of carbonyl (C=O) groups is 1. The third-order valence-corrected chi connectivity index (χ3v) is 3.25. The van der Waals surface area contributed by atoms with Gasteiger partial charge in [0.15, 0.2) is 5.82 Å². The van der Waals surface area contributed by atoms with E-state index in [1.165, 1.54) is 0 Å². The number of aliphatic carboxylic acids is 1. The third-order valence-electron chi connectivity index (χ3n) is 3.25. The molecule has 0 bridgehead atoms. The van der Waals surface area contributed by atoms with Crippen LogP contribution in [0.3, 0.4) is 0 Å². The van der Waals surface area contributed by atoms with Crippen LogP contribution in [-0.2, 0) is 4.79 Å². The minimum absolute atomic E-state index is 0.00236. The van der Waals surface area contributed by atoms with Gasteiger partial charge in [-0.1, -0.05) is 0 Å². The monoisotopic (exact) mass is 265 g/mol. The van der Waals surface area contributed by atoms with Gasteiger partial charge in [-0.3, -0.25) is 9.59 Å². The minimum atomic E-state index is -0.871. The summed E-state index contributed by atoms with van der Waals surface area (Å²) >= 11 is 0. The lowest BCUT2D eigenvalue weighted by molar-refractivity contribution is -0.136. The minimum Gasteiger partial charge on any atom is -0.481 e. The molecule has 0 unspecified atom stereocenters. The molecule has 0 radical (unpaired) electrons. The van der Waals surface area contributed by atoms with Crippen LogP contribution < -0.4 is 10.5 Å². The quantitative estimate of drug-likeness (QED) is 0.838. The lowest BCUT2D eigenvalue weighted by Gasteiger charge is -2.26. The van der Waals surface area contributed by atoms with Crippen LogP contribution in [0.4, 0.5) is 5.82 Å². The molecule has 0 amide bonds. The topological polar surface area (TPSA) is 75.4 Å². The molecule has 1 saturated carbocycles. The Morgan fingerprint density at radius 3 is 2.79 bits per heavy atom. The van der Waals surface area contributed by atoms with Crippen LogP contribution in [-0.4, -0.2) is 33.2 Å². The van der Waals surface area contributed by atoms with E-state index in [1.54, 1.807) is 21.9 Å². The van der Waals surface area contributed by atoms with Crippen molar-refractivity contribution < 1.29 is 9.90 Å². The molecule has 1 aromatic heterocycles. The Balaban J connectivity index is 2.28. The fraction of sp³-hybridized carbons (Fsp3) is 0.615. The van der Waals surface area contributed by atoms with Crippen LogP contribution in [0, 0.1) is 0 Å². The second-order valence-electron chi connectivity index (χ2n) is 5.13. The van der Waals surface area contributed by atoms with Gasteiger partial charge in [-0.2, -0.15) is 0 Å². The second kappa shape index (κ2) is 5.42. The van der Waals surface area contributed by atoms with Crippen molar-refractivity contribution in [2.75, 3.05) is 11.4 Å². The lowest BCUT2D eigenvalue weighted by Crippen LogP contribution is -2.39. The molecule has 6 heteroatoms. The Morgan fingerprint density at radius 1 is 1.58 bits per heavy atom. The summed E-state index contributed by atoms with van der Waals surface area (Å²) in [5, 5.41) is 8.78. The van der Waals surface area contributed by atoms with Crippen LogP contribution in [0.2, 0.25) is 0 Å². The largest absolute Gasteiger partial charge is 0.481 e. The fourth-order valence-electron chi connectivity index (χ4n) is 2.08. The molecule has 19 heavy (non-hydrogen) atoms. The van der Waals surface area contributed by atoms with E-state index in [4.69, 9.17) is 5.11 Å². The first-order valence-corrected chi connectivity index (χ1v) is 6.56. The van der Waals surface area contributed by atoms with Crippen LogP contribution in [0.15, 0.2) is 17.2 Å². The highest BCUT2D eigenvalue weighted by molar-refractivity contribution is 5.67. The van der Waals surface area contributed by atoms with E-state index in [2.05, 4.69) is 4.98 Å². The molecule has 1 aliphatic rings. The lowest BCUT2D eigenvalue weighted by atomic mass is 10.3. The Bertz CT molecular complexity index is 520. The highest BCUT2D eigenvalue weighted by Crippen LogP contribution is 2.33. The third kappa shape index (κ3) is 3.13. The molecule has 1 aromatic rings. The van der Waals surface area contributed by atoms with E-state index in [9.17, 15) is 9.59 Å². The zero-order valence-electron chi connectivity index (χ0n) is 11.2. The van der Waals surface area contributed by atoms with Crippen LogP contribution in [0.5, 0.6) is 0 Å². The van der Waals surface area contributed by atoms with E-state index >= 15 is 0 Å². The fourth-order valence-corrected chi connectivity index (χ4v) is 2.08. The van der Waals surface area contributed by atoms with E-state index < -0.39 is 5.97 Å². The SMILES string of the molecule is CC(C)N(CCC(=O)O)c1nccn(C2CC2)c1=O. The molecular weight excluding hydrogens is 246 g/mol. The zero-order valence-corrected chi connectivity index (χ0v) is 11.2.